The van der Waals surface area contributed by atoms with Crippen LogP contribution in [0.1, 0.15) is 13.8 Å². The summed E-state index contributed by atoms with van der Waals surface area (Å²) in [6.45, 7) is 3.88. The van der Waals surface area contributed by atoms with Gasteiger partial charge in [0, 0.05) is 18.5 Å². The number of rotatable bonds is 3. The van der Waals surface area contributed by atoms with Crippen molar-refractivity contribution in [3.63, 3.8) is 0 Å². The molecule has 0 fully saturated rings. The van der Waals surface area contributed by atoms with Crippen molar-refractivity contribution in [1.29, 1.82) is 0 Å². The summed E-state index contributed by atoms with van der Waals surface area (Å²) in [6, 6.07) is -0.0285. The van der Waals surface area contributed by atoms with Crippen molar-refractivity contribution >= 4 is 23.4 Å². The summed E-state index contributed by atoms with van der Waals surface area (Å²) in [5.41, 5.74) is 0. The van der Waals surface area contributed by atoms with Gasteiger partial charge in [0.25, 0.3) is 0 Å². The summed E-state index contributed by atoms with van der Waals surface area (Å²) in [4.78, 5) is 21.7. The highest BCUT2D eigenvalue weighted by atomic mass is 35.5. The molecule has 5 heteroatoms. The Morgan fingerprint density at radius 1 is 1.33 bits per heavy atom. The van der Waals surface area contributed by atoms with Gasteiger partial charge in [0.1, 0.15) is 0 Å². The molecule has 0 spiro atoms. The van der Waals surface area contributed by atoms with Crippen LogP contribution < -0.4 is 10.6 Å². The van der Waals surface area contributed by atoms with Crippen LogP contribution >= 0.6 is 11.6 Å². The molecule has 0 radical (unpaired) electrons. The summed E-state index contributed by atoms with van der Waals surface area (Å²) in [5.74, 6) is -0.944. The smallest absolute Gasteiger partial charge is 0.309 e. The van der Waals surface area contributed by atoms with Crippen molar-refractivity contribution in [1.82, 2.24) is 10.6 Å². The van der Waals surface area contributed by atoms with Crippen LogP contribution in [0.25, 0.3) is 0 Å². The summed E-state index contributed by atoms with van der Waals surface area (Å²) in [7, 11) is 0. The molecular formula is C7H13ClN2O2. The maximum absolute atomic E-state index is 10.9. The van der Waals surface area contributed by atoms with Crippen molar-refractivity contribution in [3.05, 3.63) is 0 Å². The molecule has 0 aliphatic heterocycles. The third kappa shape index (κ3) is 4.96. The molecular weight excluding hydrogens is 180 g/mol. The largest absolute Gasteiger partial charge is 0.347 e. The fraction of sp³-hybridized carbons (Fsp3) is 0.714. The Morgan fingerprint density at radius 3 is 2.33 bits per heavy atom. The normalized spacial score (nSPS) is 9.67. The Hall–Kier alpha value is -0.770. The van der Waals surface area contributed by atoms with Crippen LogP contribution in [0, 0.1) is 0 Å². The minimum Gasteiger partial charge on any atom is -0.347 e. The predicted octanol–water partition coefficient (Wildman–Crippen LogP) is -0.134. The van der Waals surface area contributed by atoms with Gasteiger partial charge in [-0.15, -0.1) is 11.6 Å². The van der Waals surface area contributed by atoms with E-state index in [9.17, 15) is 9.59 Å². The van der Waals surface area contributed by atoms with Crippen molar-refractivity contribution in [2.75, 3.05) is 12.4 Å². The van der Waals surface area contributed by atoms with Gasteiger partial charge in [0.2, 0.25) is 0 Å². The monoisotopic (exact) mass is 192 g/mol. The van der Waals surface area contributed by atoms with Crippen molar-refractivity contribution in [2.24, 2.45) is 0 Å². The van der Waals surface area contributed by atoms with Crippen molar-refractivity contribution in [2.45, 2.75) is 19.9 Å². The number of carbonyl (C=O) groups is 2. The maximum Gasteiger partial charge on any atom is 0.309 e. The number of halogens is 1. The molecule has 0 rings (SSSR count). The zero-order valence-corrected chi connectivity index (χ0v) is 7.94. The minimum atomic E-state index is -0.635. The van der Waals surface area contributed by atoms with E-state index in [1.807, 2.05) is 0 Å². The van der Waals surface area contributed by atoms with Crippen LogP contribution in [-0.2, 0) is 9.59 Å². The van der Waals surface area contributed by atoms with Gasteiger partial charge in [-0.25, -0.2) is 0 Å². The molecule has 2 amide bonds. The number of amides is 2. The summed E-state index contributed by atoms with van der Waals surface area (Å²) in [6.07, 6.45) is 0. The second-order valence-corrected chi connectivity index (χ2v) is 2.95. The second-order valence-electron chi connectivity index (χ2n) is 2.57. The molecule has 0 aliphatic carbocycles. The molecule has 0 saturated heterocycles. The van der Waals surface area contributed by atoms with Gasteiger partial charge in [-0.1, -0.05) is 0 Å². The van der Waals surface area contributed by atoms with Crippen LogP contribution in [0.15, 0.2) is 0 Å². The number of nitrogens with one attached hydrogen (secondary N) is 2. The van der Waals surface area contributed by atoms with Crippen LogP contribution in [0.2, 0.25) is 0 Å². The van der Waals surface area contributed by atoms with E-state index in [2.05, 4.69) is 10.6 Å². The SMILES string of the molecule is CC(C)NC(=O)C(=O)NCCCl. The Morgan fingerprint density at radius 2 is 1.92 bits per heavy atom. The van der Waals surface area contributed by atoms with Gasteiger partial charge in [0.15, 0.2) is 0 Å². The molecule has 0 atom stereocenters. The van der Waals surface area contributed by atoms with Gasteiger partial charge in [0.05, 0.1) is 0 Å². The third-order valence-corrected chi connectivity index (χ3v) is 1.20. The van der Waals surface area contributed by atoms with Crippen LogP contribution in [0.5, 0.6) is 0 Å². The molecule has 0 saturated carbocycles. The number of alkyl halides is 1. The zero-order chi connectivity index (χ0) is 9.56. The highest BCUT2D eigenvalue weighted by Gasteiger charge is 2.12. The third-order valence-electron chi connectivity index (χ3n) is 1.01. The van der Waals surface area contributed by atoms with Gasteiger partial charge in [-0.05, 0) is 13.8 Å². The molecule has 0 aliphatic rings. The van der Waals surface area contributed by atoms with Crippen LogP contribution in [0.3, 0.4) is 0 Å². The zero-order valence-electron chi connectivity index (χ0n) is 7.19. The predicted molar refractivity (Wildman–Crippen MR) is 47.0 cm³/mol. The molecule has 0 aromatic rings. The minimum absolute atomic E-state index is 0.0285. The molecule has 0 aromatic carbocycles. The van der Waals surface area contributed by atoms with Crippen LogP contribution in [-0.4, -0.2) is 30.3 Å². The van der Waals surface area contributed by atoms with E-state index < -0.39 is 11.8 Å². The van der Waals surface area contributed by atoms with E-state index >= 15 is 0 Å². The van der Waals surface area contributed by atoms with E-state index in [1.54, 1.807) is 13.8 Å². The summed E-state index contributed by atoms with van der Waals surface area (Å²) in [5, 5.41) is 4.81. The molecule has 2 N–H and O–H groups in total. The van der Waals surface area contributed by atoms with Gasteiger partial charge >= 0.3 is 11.8 Å². The molecule has 0 aromatic heterocycles. The first-order valence-corrected chi connectivity index (χ1v) is 4.26. The molecule has 0 unspecified atom stereocenters. The standard InChI is InChI=1S/C7H13ClN2O2/c1-5(2)10-7(12)6(11)9-4-3-8/h5H,3-4H2,1-2H3,(H,9,11)(H,10,12). The van der Waals surface area contributed by atoms with Gasteiger partial charge in [-0.3, -0.25) is 9.59 Å². The fourth-order valence-electron chi connectivity index (χ4n) is 0.569. The average molecular weight is 193 g/mol. The molecule has 70 valence electrons. The van der Waals surface area contributed by atoms with Gasteiger partial charge in [-0.2, -0.15) is 0 Å². The van der Waals surface area contributed by atoms with E-state index in [1.165, 1.54) is 0 Å². The lowest BCUT2D eigenvalue weighted by Gasteiger charge is -2.07. The Kier molecular flexibility index (Phi) is 5.45. The maximum atomic E-state index is 10.9. The van der Waals surface area contributed by atoms with E-state index in [4.69, 9.17) is 11.6 Å². The first-order chi connectivity index (χ1) is 5.57. The van der Waals surface area contributed by atoms with E-state index in [-0.39, 0.29) is 6.04 Å². The number of hydrogen-bond acceptors (Lipinski definition) is 2. The van der Waals surface area contributed by atoms with E-state index in [0.717, 1.165) is 0 Å². The average Bonchev–Trinajstić information content (AvgIpc) is 1.98. The molecule has 0 bridgehead atoms. The summed E-state index contributed by atoms with van der Waals surface area (Å²) >= 11 is 5.31. The highest BCUT2D eigenvalue weighted by Crippen LogP contribution is 1.78. The molecule has 0 heterocycles. The van der Waals surface area contributed by atoms with Crippen LogP contribution in [0.4, 0.5) is 0 Å². The Labute approximate surface area is 76.7 Å². The topological polar surface area (TPSA) is 58.2 Å². The Bertz CT molecular complexity index is 171. The lowest BCUT2D eigenvalue weighted by Crippen LogP contribution is -2.43. The Balaban J connectivity index is 3.70. The van der Waals surface area contributed by atoms with Crippen molar-refractivity contribution in [3.8, 4) is 0 Å². The second kappa shape index (κ2) is 5.83. The van der Waals surface area contributed by atoms with Crippen molar-refractivity contribution < 1.29 is 9.59 Å². The lowest BCUT2D eigenvalue weighted by atomic mass is 10.4. The highest BCUT2D eigenvalue weighted by molar-refractivity contribution is 6.35. The number of hydrogen-bond donors (Lipinski definition) is 2. The first kappa shape index (κ1) is 11.2. The number of carbonyl (C=O) groups excluding carboxylic acids is 2. The van der Waals surface area contributed by atoms with E-state index in [0.29, 0.717) is 12.4 Å². The fourth-order valence-corrected chi connectivity index (χ4v) is 0.663. The molecule has 4 nitrogen and oxygen atoms in total. The quantitative estimate of drug-likeness (QED) is 0.483. The van der Waals surface area contributed by atoms with Gasteiger partial charge < -0.3 is 10.6 Å². The molecule has 12 heavy (non-hydrogen) atoms. The summed E-state index contributed by atoms with van der Waals surface area (Å²) < 4.78 is 0. The first-order valence-electron chi connectivity index (χ1n) is 3.72. The lowest BCUT2D eigenvalue weighted by molar-refractivity contribution is -0.139.